The summed E-state index contributed by atoms with van der Waals surface area (Å²) < 4.78 is 0. The molecule has 1 aromatic heterocycles. The number of nitrogens with two attached hydrogens (primary N) is 1. The molecule has 2 rings (SSSR count). The van der Waals surface area contributed by atoms with Crippen LogP contribution in [0.4, 0.5) is 10.8 Å². The second kappa shape index (κ2) is 4.92. The quantitative estimate of drug-likeness (QED) is 0.813. The Balaban J connectivity index is 2.08. The molecule has 0 radical (unpaired) electrons. The first-order chi connectivity index (χ1) is 8.19. The molecule has 1 heterocycles. The molecule has 0 aliphatic rings. The molecule has 6 heteroatoms. The van der Waals surface area contributed by atoms with Crippen LogP contribution in [-0.4, -0.2) is 16.1 Å². The first kappa shape index (κ1) is 11.5. The van der Waals surface area contributed by atoms with Gasteiger partial charge in [-0.25, -0.2) is 0 Å². The van der Waals surface area contributed by atoms with E-state index >= 15 is 0 Å². The predicted molar refractivity (Wildman–Crippen MR) is 68.1 cm³/mol. The van der Waals surface area contributed by atoms with Crippen LogP contribution in [-0.2, 0) is 6.42 Å². The molecule has 1 amide bonds. The Morgan fingerprint density at radius 1 is 1.35 bits per heavy atom. The van der Waals surface area contributed by atoms with E-state index in [-0.39, 0.29) is 5.91 Å². The fraction of sp³-hybridized carbons (Fsp3) is 0.182. The molecule has 0 spiro atoms. The summed E-state index contributed by atoms with van der Waals surface area (Å²) in [5, 5.41) is 11.9. The van der Waals surface area contributed by atoms with E-state index in [1.165, 1.54) is 11.3 Å². The largest absolute Gasteiger partial charge is 0.399 e. The lowest BCUT2D eigenvalue weighted by atomic mass is 10.2. The number of rotatable bonds is 3. The van der Waals surface area contributed by atoms with E-state index in [0.717, 1.165) is 11.4 Å². The van der Waals surface area contributed by atoms with Crippen LogP contribution in [0, 0.1) is 0 Å². The number of aromatic nitrogens is 2. The number of carbonyl (C=O) groups is 1. The first-order valence-corrected chi connectivity index (χ1v) is 6.00. The smallest absolute Gasteiger partial charge is 0.257 e. The van der Waals surface area contributed by atoms with Crippen LogP contribution < -0.4 is 11.1 Å². The molecule has 0 saturated carbocycles. The van der Waals surface area contributed by atoms with Crippen LogP contribution in [0.2, 0.25) is 0 Å². The average molecular weight is 248 g/mol. The van der Waals surface area contributed by atoms with Gasteiger partial charge in [0.15, 0.2) is 0 Å². The zero-order chi connectivity index (χ0) is 12.3. The zero-order valence-electron chi connectivity index (χ0n) is 9.30. The topological polar surface area (TPSA) is 80.9 Å². The van der Waals surface area contributed by atoms with Gasteiger partial charge in [0.2, 0.25) is 5.13 Å². The molecule has 0 bridgehead atoms. The van der Waals surface area contributed by atoms with Crippen LogP contribution in [0.15, 0.2) is 24.3 Å². The van der Waals surface area contributed by atoms with Crippen molar-refractivity contribution in [3.05, 3.63) is 34.8 Å². The first-order valence-electron chi connectivity index (χ1n) is 5.18. The number of aryl methyl sites for hydroxylation is 1. The fourth-order valence-electron chi connectivity index (χ4n) is 1.25. The summed E-state index contributed by atoms with van der Waals surface area (Å²) in [7, 11) is 0. The number of nitrogen functional groups attached to an aromatic ring is 1. The highest BCUT2D eigenvalue weighted by Gasteiger charge is 2.09. The summed E-state index contributed by atoms with van der Waals surface area (Å²) in [6, 6.07) is 6.72. The molecule has 88 valence electrons. The number of carbonyl (C=O) groups excluding carboxylic acids is 1. The Bertz CT molecular complexity index is 521. The molecule has 0 unspecified atom stereocenters. The maximum absolute atomic E-state index is 11.8. The van der Waals surface area contributed by atoms with Crippen molar-refractivity contribution in [2.45, 2.75) is 13.3 Å². The van der Waals surface area contributed by atoms with E-state index in [4.69, 9.17) is 5.73 Å². The van der Waals surface area contributed by atoms with Crippen LogP contribution in [0.3, 0.4) is 0 Å². The Hall–Kier alpha value is -1.95. The van der Waals surface area contributed by atoms with Gasteiger partial charge < -0.3 is 5.73 Å². The third-order valence-corrected chi connectivity index (χ3v) is 3.15. The van der Waals surface area contributed by atoms with E-state index in [9.17, 15) is 4.79 Å². The minimum absolute atomic E-state index is 0.205. The van der Waals surface area contributed by atoms with Gasteiger partial charge in [-0.2, -0.15) is 0 Å². The SMILES string of the molecule is CCc1nnc(NC(=O)c2ccc(N)cc2)s1. The highest BCUT2D eigenvalue weighted by molar-refractivity contribution is 7.15. The third-order valence-electron chi connectivity index (χ3n) is 2.16. The Labute approximate surface area is 103 Å². The normalized spacial score (nSPS) is 10.2. The molecule has 0 saturated heterocycles. The number of nitrogens with one attached hydrogen (secondary N) is 1. The molecule has 5 nitrogen and oxygen atoms in total. The van der Waals surface area contributed by atoms with Crippen LogP contribution in [0.25, 0.3) is 0 Å². The van der Waals surface area contributed by atoms with Crippen molar-refractivity contribution in [3.63, 3.8) is 0 Å². The maximum atomic E-state index is 11.8. The molecule has 17 heavy (non-hydrogen) atoms. The van der Waals surface area contributed by atoms with Gasteiger partial charge in [0, 0.05) is 11.3 Å². The lowest BCUT2D eigenvalue weighted by Gasteiger charge is -2.01. The van der Waals surface area contributed by atoms with Gasteiger partial charge in [-0.1, -0.05) is 18.3 Å². The number of hydrogen-bond acceptors (Lipinski definition) is 5. The fourth-order valence-corrected chi connectivity index (χ4v) is 1.93. The summed E-state index contributed by atoms with van der Waals surface area (Å²) in [6.07, 6.45) is 0.815. The van der Waals surface area contributed by atoms with Crippen LogP contribution in [0.1, 0.15) is 22.3 Å². The minimum atomic E-state index is -0.205. The van der Waals surface area contributed by atoms with E-state index < -0.39 is 0 Å². The second-order valence-corrected chi connectivity index (χ2v) is 4.49. The maximum Gasteiger partial charge on any atom is 0.257 e. The number of nitrogens with zero attached hydrogens (tertiary/aromatic N) is 2. The van der Waals surface area contributed by atoms with E-state index in [1.54, 1.807) is 24.3 Å². The molecule has 2 aromatic rings. The lowest BCUT2D eigenvalue weighted by Crippen LogP contribution is -2.11. The van der Waals surface area contributed by atoms with Crippen molar-refractivity contribution in [2.75, 3.05) is 11.1 Å². The zero-order valence-corrected chi connectivity index (χ0v) is 10.1. The van der Waals surface area contributed by atoms with Crippen molar-refractivity contribution in [1.29, 1.82) is 0 Å². The Morgan fingerprint density at radius 3 is 2.65 bits per heavy atom. The molecule has 1 aromatic carbocycles. The monoisotopic (exact) mass is 248 g/mol. The summed E-state index contributed by atoms with van der Waals surface area (Å²) in [4.78, 5) is 11.8. The third kappa shape index (κ3) is 2.79. The van der Waals surface area contributed by atoms with Gasteiger partial charge in [0.1, 0.15) is 5.01 Å². The Kier molecular flexibility index (Phi) is 3.34. The number of hydrogen-bond donors (Lipinski definition) is 2. The lowest BCUT2D eigenvalue weighted by molar-refractivity contribution is 0.102. The minimum Gasteiger partial charge on any atom is -0.399 e. The number of amides is 1. The van der Waals surface area contributed by atoms with E-state index in [0.29, 0.717) is 16.4 Å². The summed E-state index contributed by atoms with van der Waals surface area (Å²) in [5.41, 5.74) is 6.73. The molecular weight excluding hydrogens is 236 g/mol. The van der Waals surface area contributed by atoms with Gasteiger partial charge in [-0.15, -0.1) is 10.2 Å². The van der Waals surface area contributed by atoms with Crippen LogP contribution >= 0.6 is 11.3 Å². The predicted octanol–water partition coefficient (Wildman–Crippen LogP) is 1.94. The molecule has 3 N–H and O–H groups in total. The van der Waals surface area contributed by atoms with Crippen molar-refractivity contribution < 1.29 is 4.79 Å². The van der Waals surface area contributed by atoms with Gasteiger partial charge in [0.05, 0.1) is 0 Å². The summed E-state index contributed by atoms with van der Waals surface area (Å²) in [6.45, 7) is 1.99. The average Bonchev–Trinajstić information content (AvgIpc) is 2.77. The summed E-state index contributed by atoms with van der Waals surface area (Å²) in [5.74, 6) is -0.205. The van der Waals surface area contributed by atoms with Gasteiger partial charge in [0.25, 0.3) is 5.91 Å². The summed E-state index contributed by atoms with van der Waals surface area (Å²) >= 11 is 1.38. The van der Waals surface area contributed by atoms with Crippen molar-refractivity contribution in [1.82, 2.24) is 10.2 Å². The van der Waals surface area contributed by atoms with Crippen LogP contribution in [0.5, 0.6) is 0 Å². The molecule has 0 aliphatic heterocycles. The van der Waals surface area contributed by atoms with Gasteiger partial charge in [-0.05, 0) is 30.7 Å². The van der Waals surface area contributed by atoms with Gasteiger partial charge in [-0.3, -0.25) is 10.1 Å². The second-order valence-electron chi connectivity index (χ2n) is 3.43. The van der Waals surface area contributed by atoms with Crippen molar-refractivity contribution in [2.24, 2.45) is 0 Å². The molecule has 0 aliphatic carbocycles. The molecule has 0 fully saturated rings. The molecule has 0 atom stereocenters. The molecular formula is C11H12N4OS. The van der Waals surface area contributed by atoms with E-state index in [1.807, 2.05) is 6.92 Å². The number of anilines is 2. The number of benzene rings is 1. The standard InChI is InChI=1S/C11H12N4OS/c1-2-9-14-15-11(17-9)13-10(16)7-3-5-8(12)6-4-7/h3-6H,2,12H2,1H3,(H,13,15,16). The van der Waals surface area contributed by atoms with Gasteiger partial charge >= 0.3 is 0 Å². The van der Waals surface area contributed by atoms with Crippen molar-refractivity contribution >= 4 is 28.1 Å². The van der Waals surface area contributed by atoms with E-state index in [2.05, 4.69) is 15.5 Å². The van der Waals surface area contributed by atoms with Crippen molar-refractivity contribution in [3.8, 4) is 0 Å². The Morgan fingerprint density at radius 2 is 2.06 bits per heavy atom. The highest BCUT2D eigenvalue weighted by Crippen LogP contribution is 2.16. The highest BCUT2D eigenvalue weighted by atomic mass is 32.1.